The molecule has 20 heavy (non-hydrogen) atoms. The van der Waals surface area contributed by atoms with Crippen molar-refractivity contribution in [3.63, 3.8) is 0 Å². The highest BCUT2D eigenvalue weighted by Crippen LogP contribution is 2.23. The lowest BCUT2D eigenvalue weighted by molar-refractivity contribution is 0.273. The number of hydrogen-bond donors (Lipinski definition) is 2. The number of anilines is 1. The van der Waals surface area contributed by atoms with E-state index in [-0.39, 0.29) is 17.7 Å². The van der Waals surface area contributed by atoms with Gasteiger partial charge in [0, 0.05) is 6.20 Å². The van der Waals surface area contributed by atoms with Gasteiger partial charge in [-0.2, -0.15) is 5.26 Å². The smallest absolute Gasteiger partial charge is 0.146 e. The molecule has 0 amide bonds. The van der Waals surface area contributed by atoms with E-state index in [1.807, 2.05) is 36.4 Å². The molecule has 4 nitrogen and oxygen atoms in total. The highest BCUT2D eigenvalue weighted by Gasteiger charge is 2.13. The minimum atomic E-state index is -0.212. The van der Waals surface area contributed by atoms with Crippen molar-refractivity contribution in [1.29, 1.82) is 5.26 Å². The Kier molecular flexibility index (Phi) is 4.94. The summed E-state index contributed by atoms with van der Waals surface area (Å²) in [6.45, 7) is -0.0519. The highest BCUT2D eigenvalue weighted by atomic mass is 35.5. The fraction of sp³-hybridized carbons (Fsp3) is 0.200. The molecule has 0 fully saturated rings. The number of aliphatic hydroxyl groups excluding tert-OH is 1. The van der Waals surface area contributed by atoms with Gasteiger partial charge >= 0.3 is 0 Å². The van der Waals surface area contributed by atoms with E-state index >= 15 is 0 Å². The quantitative estimate of drug-likeness (QED) is 0.887. The maximum atomic E-state index is 9.47. The molecular formula is C15H14ClN3O. The van der Waals surface area contributed by atoms with Crippen LogP contribution in [-0.4, -0.2) is 22.7 Å². The zero-order valence-corrected chi connectivity index (χ0v) is 11.5. The first-order valence-corrected chi connectivity index (χ1v) is 6.58. The number of hydrogen-bond acceptors (Lipinski definition) is 4. The molecule has 1 aromatic carbocycles. The van der Waals surface area contributed by atoms with E-state index in [1.165, 1.54) is 6.20 Å². The van der Waals surface area contributed by atoms with Crippen molar-refractivity contribution in [1.82, 2.24) is 4.98 Å². The molecule has 102 valence electrons. The molecule has 0 radical (unpaired) electrons. The molecule has 2 N–H and O–H groups in total. The topological polar surface area (TPSA) is 68.9 Å². The SMILES string of the molecule is N#Cc1ccnc(NC(CO)Cc2ccccc2)c1Cl. The van der Waals surface area contributed by atoms with Crippen LogP contribution in [0.25, 0.3) is 0 Å². The Balaban J connectivity index is 2.13. The zero-order valence-electron chi connectivity index (χ0n) is 10.8. The van der Waals surface area contributed by atoms with Gasteiger partial charge in [0.2, 0.25) is 0 Å². The van der Waals surface area contributed by atoms with Gasteiger partial charge in [-0.3, -0.25) is 0 Å². The number of aliphatic hydroxyl groups is 1. The molecule has 1 atom stereocenters. The summed E-state index contributed by atoms with van der Waals surface area (Å²) < 4.78 is 0. The molecule has 5 heteroatoms. The van der Waals surface area contributed by atoms with Gasteiger partial charge in [-0.05, 0) is 18.1 Å². The summed E-state index contributed by atoms with van der Waals surface area (Å²) in [6, 6.07) is 13.2. The van der Waals surface area contributed by atoms with E-state index in [9.17, 15) is 5.11 Å². The summed E-state index contributed by atoms with van der Waals surface area (Å²) in [6.07, 6.45) is 2.16. The molecule has 2 rings (SSSR count). The van der Waals surface area contributed by atoms with Crippen molar-refractivity contribution < 1.29 is 5.11 Å². The Labute approximate surface area is 122 Å². The minimum Gasteiger partial charge on any atom is -0.394 e. The molecular weight excluding hydrogens is 274 g/mol. The van der Waals surface area contributed by atoms with Crippen LogP contribution in [-0.2, 0) is 6.42 Å². The largest absolute Gasteiger partial charge is 0.394 e. The van der Waals surface area contributed by atoms with Crippen molar-refractivity contribution in [2.75, 3.05) is 11.9 Å². The lowest BCUT2D eigenvalue weighted by atomic mass is 10.1. The van der Waals surface area contributed by atoms with Gasteiger partial charge in [0.15, 0.2) is 0 Å². The molecule has 0 aliphatic carbocycles. The van der Waals surface area contributed by atoms with Gasteiger partial charge in [0.25, 0.3) is 0 Å². The second-order valence-corrected chi connectivity index (χ2v) is 4.72. The molecule has 0 spiro atoms. The Bertz CT molecular complexity index is 610. The van der Waals surface area contributed by atoms with Crippen LogP contribution in [0.3, 0.4) is 0 Å². The van der Waals surface area contributed by atoms with Gasteiger partial charge < -0.3 is 10.4 Å². The standard InChI is InChI=1S/C15H14ClN3O/c16-14-12(9-17)6-7-18-15(14)19-13(10-20)8-11-4-2-1-3-5-11/h1-7,13,20H,8,10H2,(H,18,19). The van der Waals surface area contributed by atoms with E-state index < -0.39 is 0 Å². The molecule has 1 aromatic heterocycles. The molecule has 2 aromatic rings. The van der Waals surface area contributed by atoms with E-state index in [1.54, 1.807) is 6.07 Å². The van der Waals surface area contributed by atoms with Crippen molar-refractivity contribution in [3.8, 4) is 6.07 Å². The molecule has 0 aliphatic heterocycles. The van der Waals surface area contributed by atoms with Crippen molar-refractivity contribution in [2.45, 2.75) is 12.5 Å². The van der Waals surface area contributed by atoms with Crippen LogP contribution in [0.2, 0.25) is 5.02 Å². The maximum Gasteiger partial charge on any atom is 0.146 e. The van der Waals surface area contributed by atoms with E-state index in [0.29, 0.717) is 17.8 Å². The third-order valence-electron chi connectivity index (χ3n) is 2.90. The maximum absolute atomic E-state index is 9.47. The van der Waals surface area contributed by atoms with Gasteiger partial charge in [-0.25, -0.2) is 4.98 Å². The van der Waals surface area contributed by atoms with Crippen LogP contribution in [0.1, 0.15) is 11.1 Å². The Morgan fingerprint density at radius 2 is 2.05 bits per heavy atom. The summed E-state index contributed by atoms with van der Waals surface area (Å²) in [7, 11) is 0. The molecule has 0 saturated carbocycles. The second kappa shape index (κ2) is 6.90. The fourth-order valence-corrected chi connectivity index (χ4v) is 2.09. The van der Waals surface area contributed by atoms with Gasteiger partial charge in [-0.15, -0.1) is 0 Å². The lowest BCUT2D eigenvalue weighted by Gasteiger charge is -2.18. The molecule has 0 aliphatic rings. The minimum absolute atomic E-state index is 0.0519. The number of pyridine rings is 1. The Morgan fingerprint density at radius 1 is 1.30 bits per heavy atom. The summed E-state index contributed by atoms with van der Waals surface area (Å²) >= 11 is 6.08. The monoisotopic (exact) mass is 287 g/mol. The summed E-state index contributed by atoms with van der Waals surface area (Å²) in [4.78, 5) is 4.11. The summed E-state index contributed by atoms with van der Waals surface area (Å²) in [5.74, 6) is 0.417. The van der Waals surface area contributed by atoms with Crippen LogP contribution >= 0.6 is 11.6 Å². The van der Waals surface area contributed by atoms with Gasteiger partial charge in [-0.1, -0.05) is 41.9 Å². The van der Waals surface area contributed by atoms with Crippen LogP contribution in [0, 0.1) is 11.3 Å². The summed E-state index contributed by atoms with van der Waals surface area (Å²) in [5, 5.41) is 21.8. The average Bonchev–Trinajstić information content (AvgIpc) is 2.49. The first-order valence-electron chi connectivity index (χ1n) is 6.20. The number of nitrogens with one attached hydrogen (secondary N) is 1. The van der Waals surface area contributed by atoms with E-state index in [0.717, 1.165) is 5.56 Å². The van der Waals surface area contributed by atoms with E-state index in [2.05, 4.69) is 10.3 Å². The Morgan fingerprint density at radius 3 is 2.70 bits per heavy atom. The normalized spacial score (nSPS) is 11.7. The molecule has 0 saturated heterocycles. The van der Waals surface area contributed by atoms with Crippen LogP contribution in [0.4, 0.5) is 5.82 Å². The highest BCUT2D eigenvalue weighted by molar-refractivity contribution is 6.34. The molecule has 1 heterocycles. The number of nitriles is 1. The van der Waals surface area contributed by atoms with Crippen LogP contribution < -0.4 is 5.32 Å². The number of benzene rings is 1. The average molecular weight is 288 g/mol. The third kappa shape index (κ3) is 3.47. The second-order valence-electron chi connectivity index (χ2n) is 4.35. The predicted octanol–water partition coefficient (Wildman–Crippen LogP) is 2.62. The number of aromatic nitrogens is 1. The van der Waals surface area contributed by atoms with Gasteiger partial charge in [0.1, 0.15) is 16.9 Å². The van der Waals surface area contributed by atoms with Crippen molar-refractivity contribution >= 4 is 17.4 Å². The zero-order chi connectivity index (χ0) is 14.4. The Hall–Kier alpha value is -2.09. The third-order valence-corrected chi connectivity index (χ3v) is 3.28. The van der Waals surface area contributed by atoms with Crippen LogP contribution in [0.5, 0.6) is 0 Å². The lowest BCUT2D eigenvalue weighted by Crippen LogP contribution is -2.27. The first kappa shape index (κ1) is 14.3. The molecule has 1 unspecified atom stereocenters. The van der Waals surface area contributed by atoms with Crippen LogP contribution in [0.15, 0.2) is 42.6 Å². The predicted molar refractivity (Wildman–Crippen MR) is 78.6 cm³/mol. The molecule has 0 bridgehead atoms. The van der Waals surface area contributed by atoms with Gasteiger partial charge in [0.05, 0.1) is 18.2 Å². The fourth-order valence-electron chi connectivity index (χ4n) is 1.88. The van der Waals surface area contributed by atoms with Crippen molar-refractivity contribution in [3.05, 3.63) is 58.7 Å². The van der Waals surface area contributed by atoms with Crippen molar-refractivity contribution in [2.24, 2.45) is 0 Å². The number of halogens is 1. The number of rotatable bonds is 5. The first-order chi connectivity index (χ1) is 9.74. The summed E-state index contributed by atoms with van der Waals surface area (Å²) in [5.41, 5.74) is 1.46. The van der Waals surface area contributed by atoms with E-state index in [4.69, 9.17) is 16.9 Å². The number of nitrogens with zero attached hydrogens (tertiary/aromatic N) is 2.